The summed E-state index contributed by atoms with van der Waals surface area (Å²) >= 11 is 0. The summed E-state index contributed by atoms with van der Waals surface area (Å²) in [4.78, 5) is 22.9. The van der Waals surface area contributed by atoms with Crippen LogP contribution in [0.25, 0.3) is 0 Å². The molecule has 9 nitrogen and oxygen atoms in total. The number of carbonyl (C=O) groups excluding carboxylic acids is 1. The Hall–Kier alpha value is -2.33. The van der Waals surface area contributed by atoms with E-state index in [1.165, 1.54) is 22.5 Å². The summed E-state index contributed by atoms with van der Waals surface area (Å²) in [5.74, 6) is -0.854. The van der Waals surface area contributed by atoms with Gasteiger partial charge in [0.2, 0.25) is 10.0 Å². The average Bonchev–Trinajstić information content (AvgIpc) is 2.92. The number of amides is 1. The Kier molecular flexibility index (Phi) is 6.81. The van der Waals surface area contributed by atoms with E-state index in [9.17, 15) is 18.0 Å². The van der Waals surface area contributed by atoms with Crippen molar-refractivity contribution < 1.29 is 32.6 Å². The van der Waals surface area contributed by atoms with Crippen molar-refractivity contribution in [2.45, 2.75) is 13.3 Å². The number of hydrogen-bond donors (Lipinski definition) is 2. The lowest BCUT2D eigenvalue weighted by Gasteiger charge is -2.15. The molecule has 0 aliphatic carbocycles. The number of ether oxygens (including phenoxy) is 2. The van der Waals surface area contributed by atoms with Gasteiger partial charge in [0, 0.05) is 25.2 Å². The highest BCUT2D eigenvalue weighted by molar-refractivity contribution is 7.89. The number of nitrogens with zero attached hydrogens (tertiary/aromatic N) is 1. The van der Waals surface area contributed by atoms with Crippen molar-refractivity contribution in [3.05, 3.63) is 23.8 Å². The fourth-order valence-corrected chi connectivity index (χ4v) is 4.04. The molecule has 144 valence electrons. The van der Waals surface area contributed by atoms with E-state index < -0.39 is 22.6 Å². The van der Waals surface area contributed by atoms with E-state index in [4.69, 9.17) is 14.6 Å². The van der Waals surface area contributed by atoms with Crippen LogP contribution in [-0.4, -0.2) is 68.3 Å². The molecule has 1 aliphatic heterocycles. The minimum Gasteiger partial charge on any atom is -0.490 e. The molecule has 1 fully saturated rings. The van der Waals surface area contributed by atoms with Crippen molar-refractivity contribution in [1.82, 2.24) is 9.62 Å². The molecule has 1 saturated heterocycles. The lowest BCUT2D eigenvalue weighted by Crippen LogP contribution is -2.35. The van der Waals surface area contributed by atoms with Crippen molar-refractivity contribution in [2.24, 2.45) is 0 Å². The van der Waals surface area contributed by atoms with E-state index in [0.29, 0.717) is 25.1 Å². The summed E-state index contributed by atoms with van der Waals surface area (Å²) in [7, 11) is -3.19. The third-order valence-corrected chi connectivity index (χ3v) is 5.66. The first kappa shape index (κ1) is 20.0. The van der Waals surface area contributed by atoms with E-state index in [1.54, 1.807) is 6.92 Å². The third kappa shape index (κ3) is 5.33. The number of rotatable bonds is 9. The summed E-state index contributed by atoms with van der Waals surface area (Å²) in [5.41, 5.74) is 0.306. The molecular weight excluding hydrogens is 364 g/mol. The van der Waals surface area contributed by atoms with E-state index in [1.807, 2.05) is 0 Å². The Morgan fingerprint density at radius 1 is 1.27 bits per heavy atom. The zero-order valence-corrected chi connectivity index (χ0v) is 15.3. The van der Waals surface area contributed by atoms with Gasteiger partial charge in [-0.05, 0) is 31.5 Å². The second-order valence-corrected chi connectivity index (χ2v) is 7.69. The number of benzene rings is 1. The number of aliphatic carboxylic acids is 1. The van der Waals surface area contributed by atoms with E-state index in [0.717, 1.165) is 0 Å². The Morgan fingerprint density at radius 3 is 2.65 bits per heavy atom. The smallest absolute Gasteiger partial charge is 0.341 e. The average molecular weight is 386 g/mol. The normalized spacial score (nSPS) is 16.2. The summed E-state index contributed by atoms with van der Waals surface area (Å²) < 4.78 is 35.3. The summed E-state index contributed by atoms with van der Waals surface area (Å²) in [6, 6.07) is 4.41. The van der Waals surface area contributed by atoms with Gasteiger partial charge >= 0.3 is 5.97 Å². The first-order chi connectivity index (χ1) is 12.3. The standard InChI is InChI=1S/C16H22N2O7S/c1-2-24-14-10-12(4-5-13(14)25-11-15(19)20)16(21)17-6-8-18-7-3-9-26(18,22)23/h4-5,10H,2-3,6-9,11H2,1H3,(H,17,21)(H,19,20). The Balaban J connectivity index is 1.97. The zero-order valence-electron chi connectivity index (χ0n) is 14.4. The molecule has 10 heteroatoms. The fraction of sp³-hybridized carbons (Fsp3) is 0.500. The van der Waals surface area contributed by atoms with Crippen molar-refractivity contribution in [3.8, 4) is 11.5 Å². The van der Waals surface area contributed by atoms with Crippen molar-refractivity contribution in [2.75, 3.05) is 38.6 Å². The molecule has 26 heavy (non-hydrogen) atoms. The summed E-state index contributed by atoms with van der Waals surface area (Å²) in [6.45, 7) is 2.45. The SMILES string of the molecule is CCOc1cc(C(=O)NCCN2CCCS2(=O)=O)ccc1OCC(=O)O. The molecule has 0 aromatic heterocycles. The van der Waals surface area contributed by atoms with Crippen LogP contribution in [0.5, 0.6) is 11.5 Å². The molecule has 0 bridgehead atoms. The van der Waals surface area contributed by atoms with E-state index >= 15 is 0 Å². The van der Waals surface area contributed by atoms with Gasteiger partial charge in [-0.3, -0.25) is 4.79 Å². The van der Waals surface area contributed by atoms with Crippen LogP contribution < -0.4 is 14.8 Å². The molecule has 0 saturated carbocycles. The maximum atomic E-state index is 12.2. The number of carboxylic acid groups (broad SMARTS) is 1. The maximum Gasteiger partial charge on any atom is 0.341 e. The largest absolute Gasteiger partial charge is 0.490 e. The number of nitrogens with one attached hydrogen (secondary N) is 1. The highest BCUT2D eigenvalue weighted by Crippen LogP contribution is 2.28. The Morgan fingerprint density at radius 2 is 2.04 bits per heavy atom. The highest BCUT2D eigenvalue weighted by Gasteiger charge is 2.27. The van der Waals surface area contributed by atoms with Crippen LogP contribution in [0.4, 0.5) is 0 Å². The fourth-order valence-electron chi connectivity index (χ4n) is 2.51. The molecule has 1 aliphatic rings. The topological polar surface area (TPSA) is 122 Å². The lowest BCUT2D eigenvalue weighted by molar-refractivity contribution is -0.139. The molecule has 2 rings (SSSR count). The zero-order chi connectivity index (χ0) is 19.2. The molecule has 1 aromatic rings. The van der Waals surface area contributed by atoms with Gasteiger partial charge in [-0.1, -0.05) is 0 Å². The molecule has 1 aromatic carbocycles. The Labute approximate surface area is 151 Å². The van der Waals surface area contributed by atoms with Crippen LogP contribution >= 0.6 is 0 Å². The van der Waals surface area contributed by atoms with Gasteiger partial charge in [-0.15, -0.1) is 0 Å². The van der Waals surface area contributed by atoms with Crippen molar-refractivity contribution in [3.63, 3.8) is 0 Å². The van der Waals surface area contributed by atoms with Gasteiger partial charge in [0.15, 0.2) is 18.1 Å². The van der Waals surface area contributed by atoms with Crippen LogP contribution in [0.1, 0.15) is 23.7 Å². The second-order valence-electron chi connectivity index (χ2n) is 5.60. The lowest BCUT2D eigenvalue weighted by atomic mass is 10.2. The first-order valence-corrected chi connectivity index (χ1v) is 9.82. The minimum absolute atomic E-state index is 0.149. The maximum absolute atomic E-state index is 12.2. The van der Waals surface area contributed by atoms with Crippen molar-refractivity contribution in [1.29, 1.82) is 0 Å². The van der Waals surface area contributed by atoms with Crippen molar-refractivity contribution >= 4 is 21.9 Å². The van der Waals surface area contributed by atoms with Crippen LogP contribution in [0.15, 0.2) is 18.2 Å². The number of carbonyl (C=O) groups is 2. The molecule has 0 atom stereocenters. The Bertz CT molecular complexity index is 764. The predicted molar refractivity (Wildman–Crippen MR) is 93.1 cm³/mol. The molecular formula is C16H22N2O7S. The number of sulfonamides is 1. The van der Waals surface area contributed by atoms with E-state index in [-0.39, 0.29) is 36.2 Å². The summed E-state index contributed by atoms with van der Waals surface area (Å²) in [6.07, 6.45) is 0.603. The van der Waals surface area contributed by atoms with Gasteiger partial charge in [0.1, 0.15) is 0 Å². The first-order valence-electron chi connectivity index (χ1n) is 8.21. The molecule has 2 N–H and O–H groups in total. The van der Waals surface area contributed by atoms with Crippen LogP contribution in [0.3, 0.4) is 0 Å². The van der Waals surface area contributed by atoms with E-state index in [2.05, 4.69) is 5.32 Å². The molecule has 1 amide bonds. The minimum atomic E-state index is -3.19. The monoisotopic (exact) mass is 386 g/mol. The third-order valence-electron chi connectivity index (χ3n) is 3.71. The van der Waals surface area contributed by atoms with Gasteiger partial charge in [-0.2, -0.15) is 0 Å². The number of carboxylic acids is 1. The molecule has 0 spiro atoms. The van der Waals surface area contributed by atoms with Gasteiger partial charge < -0.3 is 19.9 Å². The molecule has 0 unspecified atom stereocenters. The van der Waals surface area contributed by atoms with Crippen LogP contribution in [-0.2, 0) is 14.8 Å². The summed E-state index contributed by atoms with van der Waals surface area (Å²) in [5, 5.41) is 11.4. The van der Waals surface area contributed by atoms with Gasteiger partial charge in [-0.25, -0.2) is 17.5 Å². The van der Waals surface area contributed by atoms with Gasteiger partial charge in [0.25, 0.3) is 5.91 Å². The molecule has 1 heterocycles. The predicted octanol–water partition coefficient (Wildman–Crippen LogP) is 0.314. The van der Waals surface area contributed by atoms with Gasteiger partial charge in [0.05, 0.1) is 12.4 Å². The van der Waals surface area contributed by atoms with Crippen LogP contribution in [0, 0.1) is 0 Å². The highest BCUT2D eigenvalue weighted by atomic mass is 32.2. The quantitative estimate of drug-likeness (QED) is 0.626. The van der Waals surface area contributed by atoms with Crippen LogP contribution in [0.2, 0.25) is 0 Å². The molecule has 0 radical (unpaired) electrons. The second kappa shape index (κ2) is 8.86. The number of hydrogen-bond acceptors (Lipinski definition) is 6.